The van der Waals surface area contributed by atoms with Crippen LogP contribution in [-0.2, 0) is 10.8 Å². The summed E-state index contributed by atoms with van der Waals surface area (Å²) in [5.74, 6) is 0. The van der Waals surface area contributed by atoms with Gasteiger partial charge in [0.1, 0.15) is 11.2 Å². The number of nitrogens with zero attached hydrogens (tertiary/aromatic N) is 1. The van der Waals surface area contributed by atoms with E-state index in [1.54, 1.807) is 0 Å². The highest BCUT2D eigenvalue weighted by atomic mass is 16.3. The van der Waals surface area contributed by atoms with E-state index in [1.165, 1.54) is 55.9 Å². The van der Waals surface area contributed by atoms with E-state index >= 15 is 0 Å². The molecule has 7 aromatic carbocycles. The minimum Gasteiger partial charge on any atom is -0.456 e. The van der Waals surface area contributed by atoms with Gasteiger partial charge in [0, 0.05) is 32.7 Å². The lowest BCUT2D eigenvalue weighted by atomic mass is 9.81. The summed E-state index contributed by atoms with van der Waals surface area (Å²) in [6.45, 7) is 9.49. The molecule has 2 nitrogen and oxygen atoms in total. The molecule has 0 unspecified atom stereocenters. The van der Waals surface area contributed by atoms with Crippen LogP contribution < -0.4 is 4.90 Å². The Bertz CT molecular complexity index is 2670. The molecule has 2 aliphatic carbocycles. The normalized spacial score (nSPS) is 14.7. The third kappa shape index (κ3) is 3.91. The average Bonchev–Trinajstić information content (AvgIpc) is 3.72. The van der Waals surface area contributed by atoms with E-state index in [4.69, 9.17) is 4.42 Å². The minimum atomic E-state index is -0.196. The summed E-state index contributed by atoms with van der Waals surface area (Å²) in [5.41, 5.74) is 18.0. The predicted octanol–water partition coefficient (Wildman–Crippen LogP) is 13.3. The van der Waals surface area contributed by atoms with Gasteiger partial charge in [0.25, 0.3) is 0 Å². The number of furan rings is 1. The molecule has 0 atom stereocenters. The highest BCUT2D eigenvalue weighted by Gasteiger charge is 2.41. The smallest absolute Gasteiger partial charge is 0.136 e. The molecule has 0 saturated carbocycles. The van der Waals surface area contributed by atoms with Crippen LogP contribution >= 0.6 is 0 Å². The van der Waals surface area contributed by atoms with Gasteiger partial charge in [0.15, 0.2) is 0 Å². The molecular formula is C48H37NO. The Kier molecular flexibility index (Phi) is 6.01. The van der Waals surface area contributed by atoms with Crippen molar-refractivity contribution in [1.29, 1.82) is 0 Å². The lowest BCUT2D eigenvalue weighted by molar-refractivity contribution is 0.659. The molecule has 0 aliphatic heterocycles. The first kappa shape index (κ1) is 29.1. The molecule has 2 aliphatic rings. The molecule has 10 rings (SSSR count). The van der Waals surface area contributed by atoms with Gasteiger partial charge in [0.2, 0.25) is 0 Å². The number of fused-ring (bicyclic) bond motifs is 9. The maximum Gasteiger partial charge on any atom is 0.136 e. The number of hydrogen-bond acceptors (Lipinski definition) is 2. The predicted molar refractivity (Wildman–Crippen MR) is 209 cm³/mol. The molecule has 0 bridgehead atoms. The van der Waals surface area contributed by atoms with E-state index < -0.39 is 0 Å². The maximum absolute atomic E-state index is 6.42. The monoisotopic (exact) mass is 643 g/mol. The van der Waals surface area contributed by atoms with Crippen LogP contribution in [0, 0.1) is 0 Å². The van der Waals surface area contributed by atoms with Crippen LogP contribution in [0.5, 0.6) is 0 Å². The van der Waals surface area contributed by atoms with Crippen molar-refractivity contribution < 1.29 is 4.42 Å². The van der Waals surface area contributed by atoms with Gasteiger partial charge in [-0.3, -0.25) is 0 Å². The van der Waals surface area contributed by atoms with Crippen molar-refractivity contribution in [2.45, 2.75) is 38.5 Å². The van der Waals surface area contributed by atoms with Crippen LogP contribution in [0.4, 0.5) is 17.1 Å². The molecule has 240 valence electrons. The Morgan fingerprint density at radius 1 is 0.420 bits per heavy atom. The molecule has 0 saturated heterocycles. The third-order valence-corrected chi connectivity index (χ3v) is 11.5. The van der Waals surface area contributed by atoms with Crippen molar-refractivity contribution in [3.63, 3.8) is 0 Å². The topological polar surface area (TPSA) is 16.4 Å². The van der Waals surface area contributed by atoms with Gasteiger partial charge >= 0.3 is 0 Å². The zero-order chi connectivity index (χ0) is 33.8. The van der Waals surface area contributed by atoms with Gasteiger partial charge in [-0.05, 0) is 80.9 Å². The molecule has 0 amide bonds. The van der Waals surface area contributed by atoms with Crippen molar-refractivity contribution in [2.75, 3.05) is 4.90 Å². The quantitative estimate of drug-likeness (QED) is 0.190. The van der Waals surface area contributed by atoms with Gasteiger partial charge in [-0.25, -0.2) is 0 Å². The maximum atomic E-state index is 6.42. The average molecular weight is 644 g/mol. The molecule has 2 heteroatoms. The zero-order valence-corrected chi connectivity index (χ0v) is 28.8. The van der Waals surface area contributed by atoms with Crippen LogP contribution in [0.1, 0.15) is 49.9 Å². The van der Waals surface area contributed by atoms with E-state index in [9.17, 15) is 0 Å². The van der Waals surface area contributed by atoms with Gasteiger partial charge in [0.05, 0.1) is 17.1 Å². The lowest BCUT2D eigenvalue weighted by Gasteiger charge is -2.34. The summed E-state index contributed by atoms with van der Waals surface area (Å²) in [6.07, 6.45) is 0. The Hall–Kier alpha value is -5.86. The standard InChI is InChI=1S/C48H37NO/c1-47(2)38-21-10-6-18-36(38)45-39(47)22-14-24-41(45)49(42-25-13-19-35-32-16-5-9-20-37(32)48(3,4)46(35)42)40-23-11-7-15-31(40)30-27-28-34-33-17-8-12-26-43(33)50-44(34)29-30/h5-29H,1-4H3. The van der Waals surface area contributed by atoms with Crippen molar-refractivity contribution in [2.24, 2.45) is 0 Å². The van der Waals surface area contributed by atoms with Gasteiger partial charge in [-0.2, -0.15) is 0 Å². The van der Waals surface area contributed by atoms with Crippen molar-refractivity contribution in [3.8, 4) is 33.4 Å². The Labute approximate surface area is 293 Å². The van der Waals surface area contributed by atoms with E-state index in [0.29, 0.717) is 0 Å². The Morgan fingerprint density at radius 3 is 1.84 bits per heavy atom. The Morgan fingerprint density at radius 2 is 1.00 bits per heavy atom. The van der Waals surface area contributed by atoms with Gasteiger partial charge < -0.3 is 9.32 Å². The summed E-state index contributed by atoms with van der Waals surface area (Å²) in [4.78, 5) is 2.56. The largest absolute Gasteiger partial charge is 0.456 e. The number of rotatable bonds is 4. The number of hydrogen-bond donors (Lipinski definition) is 0. The molecule has 1 aromatic heterocycles. The van der Waals surface area contributed by atoms with Crippen molar-refractivity contribution >= 4 is 39.0 Å². The molecule has 8 aromatic rings. The van der Waals surface area contributed by atoms with Crippen LogP contribution in [0.3, 0.4) is 0 Å². The van der Waals surface area contributed by atoms with E-state index in [0.717, 1.165) is 38.8 Å². The first-order valence-electron chi connectivity index (χ1n) is 17.6. The lowest BCUT2D eigenvalue weighted by Crippen LogP contribution is -2.21. The van der Waals surface area contributed by atoms with Gasteiger partial charge in [-0.15, -0.1) is 0 Å². The summed E-state index contributed by atoms with van der Waals surface area (Å²) >= 11 is 0. The molecule has 0 spiro atoms. The van der Waals surface area contributed by atoms with E-state index in [2.05, 4.69) is 178 Å². The van der Waals surface area contributed by atoms with E-state index in [1.807, 2.05) is 6.07 Å². The fraction of sp³-hybridized carbons (Fsp3) is 0.125. The fourth-order valence-corrected chi connectivity index (χ4v) is 9.12. The van der Waals surface area contributed by atoms with Gasteiger partial charge in [-0.1, -0.05) is 143 Å². The summed E-state index contributed by atoms with van der Waals surface area (Å²) in [7, 11) is 0. The number of para-hydroxylation sites is 2. The molecule has 1 heterocycles. The minimum absolute atomic E-state index is 0.117. The van der Waals surface area contributed by atoms with Crippen LogP contribution in [-0.4, -0.2) is 0 Å². The first-order chi connectivity index (χ1) is 24.3. The van der Waals surface area contributed by atoms with Crippen LogP contribution in [0.25, 0.3) is 55.3 Å². The highest BCUT2D eigenvalue weighted by molar-refractivity contribution is 6.07. The SMILES string of the molecule is CC1(C)c2ccccc2-c2c(N(c3ccccc3-c3ccc4c(c3)oc3ccccc34)c3cccc4c3C(C)(C)c3ccccc3-4)cccc21. The highest BCUT2D eigenvalue weighted by Crippen LogP contribution is 2.58. The molecule has 50 heavy (non-hydrogen) atoms. The van der Waals surface area contributed by atoms with Crippen LogP contribution in [0.2, 0.25) is 0 Å². The second kappa shape index (κ2) is 10.3. The third-order valence-electron chi connectivity index (χ3n) is 11.5. The fourth-order valence-electron chi connectivity index (χ4n) is 9.12. The summed E-state index contributed by atoms with van der Waals surface area (Å²) < 4.78 is 6.42. The van der Waals surface area contributed by atoms with E-state index in [-0.39, 0.29) is 10.8 Å². The molecule has 0 N–H and O–H groups in total. The number of benzene rings is 7. The first-order valence-corrected chi connectivity index (χ1v) is 17.6. The number of anilines is 3. The van der Waals surface area contributed by atoms with Crippen molar-refractivity contribution in [3.05, 3.63) is 174 Å². The Balaban J connectivity index is 1.28. The summed E-state index contributed by atoms with van der Waals surface area (Å²) in [6, 6.07) is 55.6. The second-order valence-corrected chi connectivity index (χ2v) is 14.9. The zero-order valence-electron chi connectivity index (χ0n) is 28.8. The molecular weight excluding hydrogens is 607 g/mol. The second-order valence-electron chi connectivity index (χ2n) is 14.9. The summed E-state index contributed by atoms with van der Waals surface area (Å²) in [5, 5.41) is 2.28. The molecule has 0 radical (unpaired) electrons. The van der Waals surface area contributed by atoms with Crippen molar-refractivity contribution in [1.82, 2.24) is 0 Å². The van der Waals surface area contributed by atoms with Crippen LogP contribution in [0.15, 0.2) is 156 Å². The molecule has 0 fully saturated rings.